The van der Waals surface area contributed by atoms with Crippen LogP contribution in [0.25, 0.3) is 0 Å². The third kappa shape index (κ3) is 1.95. The van der Waals surface area contributed by atoms with E-state index in [0.29, 0.717) is 5.82 Å². The number of amides is 1. The quantitative estimate of drug-likeness (QED) is 0.678. The van der Waals surface area contributed by atoms with Crippen molar-refractivity contribution in [3.8, 4) is 0 Å². The highest BCUT2D eigenvalue weighted by Gasteiger charge is 2.21. The standard InChI is InChI=1S/C10H17N3O/c1-10(2,3)13-7-6-11-8(13)9(14)12(4)5/h6-7H,1-5H3. The summed E-state index contributed by atoms with van der Waals surface area (Å²) < 4.78 is 1.88. The molecule has 0 bridgehead atoms. The van der Waals surface area contributed by atoms with Crippen molar-refractivity contribution in [2.75, 3.05) is 14.1 Å². The largest absolute Gasteiger partial charge is 0.342 e. The molecular formula is C10H17N3O. The van der Waals surface area contributed by atoms with Gasteiger partial charge < -0.3 is 9.47 Å². The minimum atomic E-state index is -0.114. The van der Waals surface area contributed by atoms with Gasteiger partial charge in [0, 0.05) is 32.0 Å². The van der Waals surface area contributed by atoms with Crippen LogP contribution in [0.3, 0.4) is 0 Å². The van der Waals surface area contributed by atoms with Crippen LogP contribution in [-0.4, -0.2) is 34.5 Å². The molecule has 14 heavy (non-hydrogen) atoms. The fraction of sp³-hybridized carbons (Fsp3) is 0.600. The molecule has 1 aromatic heterocycles. The summed E-state index contributed by atoms with van der Waals surface area (Å²) in [5.41, 5.74) is -0.114. The minimum Gasteiger partial charge on any atom is -0.342 e. The molecule has 0 aliphatic rings. The molecule has 1 aromatic rings. The van der Waals surface area contributed by atoms with E-state index in [0.717, 1.165) is 0 Å². The molecule has 1 rings (SSSR count). The molecule has 4 nitrogen and oxygen atoms in total. The Balaban J connectivity index is 3.12. The number of hydrogen-bond acceptors (Lipinski definition) is 2. The van der Waals surface area contributed by atoms with Crippen molar-refractivity contribution < 1.29 is 4.79 Å². The van der Waals surface area contributed by atoms with Crippen molar-refractivity contribution in [3.63, 3.8) is 0 Å². The molecule has 0 fully saturated rings. The van der Waals surface area contributed by atoms with Gasteiger partial charge in [0.05, 0.1) is 0 Å². The van der Waals surface area contributed by atoms with Crippen LogP contribution in [0.5, 0.6) is 0 Å². The smallest absolute Gasteiger partial charge is 0.289 e. The summed E-state index contributed by atoms with van der Waals surface area (Å²) in [5.74, 6) is 0.424. The van der Waals surface area contributed by atoms with Crippen LogP contribution in [0.4, 0.5) is 0 Å². The lowest BCUT2D eigenvalue weighted by atomic mass is 10.1. The van der Waals surface area contributed by atoms with E-state index in [2.05, 4.69) is 4.98 Å². The van der Waals surface area contributed by atoms with Crippen molar-refractivity contribution >= 4 is 5.91 Å². The topological polar surface area (TPSA) is 38.1 Å². The molecule has 0 aliphatic heterocycles. The van der Waals surface area contributed by atoms with E-state index in [1.807, 2.05) is 31.5 Å². The van der Waals surface area contributed by atoms with Gasteiger partial charge in [-0.2, -0.15) is 0 Å². The van der Waals surface area contributed by atoms with Crippen molar-refractivity contribution in [2.24, 2.45) is 0 Å². The lowest BCUT2D eigenvalue weighted by Gasteiger charge is -2.23. The van der Waals surface area contributed by atoms with E-state index in [1.165, 1.54) is 4.90 Å². The molecule has 0 saturated heterocycles. The maximum atomic E-state index is 11.7. The Morgan fingerprint density at radius 2 is 2.00 bits per heavy atom. The van der Waals surface area contributed by atoms with E-state index in [4.69, 9.17) is 0 Å². The average molecular weight is 195 g/mol. The zero-order chi connectivity index (χ0) is 10.9. The number of carbonyl (C=O) groups is 1. The zero-order valence-corrected chi connectivity index (χ0v) is 9.40. The van der Waals surface area contributed by atoms with E-state index >= 15 is 0 Å². The first kappa shape index (κ1) is 10.8. The van der Waals surface area contributed by atoms with Crippen molar-refractivity contribution in [3.05, 3.63) is 18.2 Å². The second-order valence-electron chi connectivity index (χ2n) is 4.49. The minimum absolute atomic E-state index is 0.0649. The number of imidazole rings is 1. The summed E-state index contributed by atoms with van der Waals surface area (Å²) in [4.78, 5) is 17.3. The summed E-state index contributed by atoms with van der Waals surface area (Å²) >= 11 is 0. The SMILES string of the molecule is CN(C)C(=O)c1nccn1C(C)(C)C. The number of hydrogen-bond donors (Lipinski definition) is 0. The average Bonchev–Trinajstić information content (AvgIpc) is 2.48. The van der Waals surface area contributed by atoms with Crippen LogP contribution in [0.15, 0.2) is 12.4 Å². The normalized spacial score (nSPS) is 11.5. The molecule has 0 saturated carbocycles. The molecule has 0 unspecified atom stereocenters. The van der Waals surface area contributed by atoms with Crippen molar-refractivity contribution in [1.29, 1.82) is 0 Å². The number of rotatable bonds is 1. The second-order valence-corrected chi connectivity index (χ2v) is 4.49. The number of nitrogens with zero attached hydrogens (tertiary/aromatic N) is 3. The van der Waals surface area contributed by atoms with Crippen LogP contribution in [0.1, 0.15) is 31.4 Å². The Morgan fingerprint density at radius 1 is 1.43 bits per heavy atom. The molecule has 1 heterocycles. The number of carbonyl (C=O) groups excluding carboxylic acids is 1. The third-order valence-corrected chi connectivity index (χ3v) is 1.96. The molecule has 1 amide bonds. The predicted octanol–water partition coefficient (Wildman–Crippen LogP) is 1.34. The molecule has 0 spiro atoms. The van der Waals surface area contributed by atoms with Gasteiger partial charge in [-0.1, -0.05) is 0 Å². The van der Waals surface area contributed by atoms with E-state index in [-0.39, 0.29) is 11.4 Å². The van der Waals surface area contributed by atoms with Crippen LogP contribution >= 0.6 is 0 Å². The lowest BCUT2D eigenvalue weighted by molar-refractivity contribution is 0.0804. The second kappa shape index (κ2) is 3.44. The molecule has 78 valence electrons. The molecule has 0 aromatic carbocycles. The summed E-state index contributed by atoms with van der Waals surface area (Å²) in [5, 5.41) is 0. The van der Waals surface area contributed by atoms with Gasteiger partial charge >= 0.3 is 0 Å². The van der Waals surface area contributed by atoms with Gasteiger partial charge in [0.1, 0.15) is 0 Å². The maximum absolute atomic E-state index is 11.7. The Morgan fingerprint density at radius 3 is 2.43 bits per heavy atom. The van der Waals surface area contributed by atoms with Gasteiger partial charge in [-0.05, 0) is 20.8 Å². The maximum Gasteiger partial charge on any atom is 0.289 e. The third-order valence-electron chi connectivity index (χ3n) is 1.96. The summed E-state index contributed by atoms with van der Waals surface area (Å²) in [6.45, 7) is 6.13. The highest BCUT2D eigenvalue weighted by atomic mass is 16.2. The van der Waals surface area contributed by atoms with Crippen LogP contribution in [0, 0.1) is 0 Å². The molecule has 0 N–H and O–H groups in total. The monoisotopic (exact) mass is 195 g/mol. The van der Waals surface area contributed by atoms with E-state index < -0.39 is 0 Å². The summed E-state index contributed by atoms with van der Waals surface area (Å²) in [6, 6.07) is 0. The van der Waals surface area contributed by atoms with Gasteiger partial charge in [0.2, 0.25) is 0 Å². The molecule has 0 aliphatic carbocycles. The van der Waals surface area contributed by atoms with Gasteiger partial charge in [-0.25, -0.2) is 4.98 Å². The van der Waals surface area contributed by atoms with Crippen LogP contribution in [-0.2, 0) is 5.54 Å². The zero-order valence-electron chi connectivity index (χ0n) is 9.40. The summed E-state index contributed by atoms with van der Waals surface area (Å²) in [6.07, 6.45) is 3.48. The first-order valence-electron chi connectivity index (χ1n) is 4.59. The van der Waals surface area contributed by atoms with Gasteiger partial charge in [-0.3, -0.25) is 4.79 Å². The number of aromatic nitrogens is 2. The molecule has 0 radical (unpaired) electrons. The molecule has 0 atom stereocenters. The fourth-order valence-corrected chi connectivity index (χ4v) is 1.20. The van der Waals surface area contributed by atoms with Gasteiger partial charge in [0.25, 0.3) is 5.91 Å². The first-order valence-corrected chi connectivity index (χ1v) is 4.59. The highest BCUT2D eigenvalue weighted by molar-refractivity contribution is 5.90. The highest BCUT2D eigenvalue weighted by Crippen LogP contribution is 2.16. The Labute approximate surface area is 84.5 Å². The van der Waals surface area contributed by atoms with Crippen LogP contribution in [0.2, 0.25) is 0 Å². The fourth-order valence-electron chi connectivity index (χ4n) is 1.20. The Hall–Kier alpha value is -1.32. The molecular weight excluding hydrogens is 178 g/mol. The summed E-state index contributed by atoms with van der Waals surface area (Å²) in [7, 11) is 3.45. The first-order chi connectivity index (χ1) is 6.34. The Kier molecular flexibility index (Phi) is 2.64. The van der Waals surface area contributed by atoms with Gasteiger partial charge in [-0.15, -0.1) is 0 Å². The van der Waals surface area contributed by atoms with Crippen molar-refractivity contribution in [1.82, 2.24) is 14.5 Å². The Bertz CT molecular complexity index is 333. The van der Waals surface area contributed by atoms with Crippen LogP contribution < -0.4 is 0 Å². The van der Waals surface area contributed by atoms with E-state index in [1.54, 1.807) is 20.3 Å². The van der Waals surface area contributed by atoms with Gasteiger partial charge in [0.15, 0.2) is 5.82 Å². The molecule has 4 heteroatoms. The van der Waals surface area contributed by atoms with E-state index in [9.17, 15) is 4.79 Å². The lowest BCUT2D eigenvalue weighted by Crippen LogP contribution is -2.31. The predicted molar refractivity (Wildman–Crippen MR) is 55.2 cm³/mol. The van der Waals surface area contributed by atoms with Crippen molar-refractivity contribution in [2.45, 2.75) is 26.3 Å².